The number of H-pyrrole nitrogens is 1. The van der Waals surface area contributed by atoms with E-state index in [9.17, 15) is 5.11 Å². The van der Waals surface area contributed by atoms with Crippen LogP contribution in [0.25, 0.3) is 17.0 Å². The van der Waals surface area contributed by atoms with Gasteiger partial charge in [-0.05, 0) is 44.5 Å². The third kappa shape index (κ3) is 5.22. The fourth-order valence-corrected chi connectivity index (χ4v) is 3.00. The predicted molar refractivity (Wildman–Crippen MR) is 112 cm³/mol. The van der Waals surface area contributed by atoms with E-state index in [4.69, 9.17) is 4.74 Å². The van der Waals surface area contributed by atoms with E-state index in [-0.39, 0.29) is 5.54 Å². The Labute approximate surface area is 160 Å². The molecule has 0 aliphatic rings. The van der Waals surface area contributed by atoms with Crippen LogP contribution in [0, 0.1) is 0 Å². The number of rotatable bonds is 7. The molecular weight excluding hydrogens is 336 g/mol. The molecule has 27 heavy (non-hydrogen) atoms. The van der Waals surface area contributed by atoms with E-state index in [1.807, 2.05) is 60.8 Å². The molecule has 3 N–H and O–H groups in total. The lowest BCUT2D eigenvalue weighted by molar-refractivity contribution is 0.217. The summed E-state index contributed by atoms with van der Waals surface area (Å²) in [6, 6.07) is 15.8. The van der Waals surface area contributed by atoms with Gasteiger partial charge in [0.15, 0.2) is 0 Å². The third-order valence-electron chi connectivity index (χ3n) is 4.34. The van der Waals surface area contributed by atoms with Gasteiger partial charge >= 0.3 is 0 Å². The number of aromatic amines is 1. The average Bonchev–Trinajstić information content (AvgIpc) is 3.12. The van der Waals surface area contributed by atoms with Crippen molar-refractivity contribution >= 4 is 17.0 Å². The van der Waals surface area contributed by atoms with Crippen LogP contribution in [0.2, 0.25) is 0 Å². The minimum atomic E-state index is -0.731. The first-order valence-electron chi connectivity index (χ1n) is 9.33. The number of hydrogen-bond acceptors (Lipinski definition) is 3. The minimum absolute atomic E-state index is 0.0599. The lowest BCUT2D eigenvalue weighted by Crippen LogP contribution is -2.38. The van der Waals surface area contributed by atoms with Gasteiger partial charge in [0.05, 0.1) is 0 Å². The zero-order valence-corrected chi connectivity index (χ0v) is 16.2. The van der Waals surface area contributed by atoms with Crippen molar-refractivity contribution in [3.8, 4) is 5.75 Å². The summed E-state index contributed by atoms with van der Waals surface area (Å²) in [6.07, 6.45) is 4.95. The Bertz CT molecular complexity index is 906. The molecule has 4 nitrogen and oxygen atoms in total. The smallest absolute Gasteiger partial charge is 0.125 e. The van der Waals surface area contributed by atoms with Crippen LogP contribution in [-0.4, -0.2) is 28.8 Å². The van der Waals surface area contributed by atoms with Crippen LogP contribution < -0.4 is 10.1 Å². The fourth-order valence-electron chi connectivity index (χ4n) is 3.00. The molecule has 0 fully saturated rings. The maximum absolute atomic E-state index is 10.7. The van der Waals surface area contributed by atoms with Gasteiger partial charge < -0.3 is 20.1 Å². The molecule has 4 heteroatoms. The average molecular weight is 364 g/mol. The molecule has 142 valence electrons. The van der Waals surface area contributed by atoms with Crippen molar-refractivity contribution in [3.63, 3.8) is 0 Å². The first kappa shape index (κ1) is 19.2. The van der Waals surface area contributed by atoms with Gasteiger partial charge in [0.25, 0.3) is 0 Å². The molecule has 0 radical (unpaired) electrons. The summed E-state index contributed by atoms with van der Waals surface area (Å²) in [4.78, 5) is 3.21. The summed E-state index contributed by atoms with van der Waals surface area (Å²) in [5.41, 5.74) is 2.98. The fraction of sp³-hybridized carbons (Fsp3) is 0.304. The SMILES string of the molecule is CC(C)(C)NCCOc1ccccc1C(O)C=Cc1cccc2[nH]ccc12. The van der Waals surface area contributed by atoms with Crippen LogP contribution in [0.4, 0.5) is 0 Å². The zero-order valence-electron chi connectivity index (χ0n) is 16.2. The Kier molecular flexibility index (Phi) is 5.99. The van der Waals surface area contributed by atoms with Gasteiger partial charge in [-0.2, -0.15) is 0 Å². The number of nitrogens with one attached hydrogen (secondary N) is 2. The zero-order chi connectivity index (χ0) is 19.3. The second-order valence-corrected chi connectivity index (χ2v) is 7.65. The molecule has 1 heterocycles. The van der Waals surface area contributed by atoms with Crippen LogP contribution in [0.15, 0.2) is 60.8 Å². The monoisotopic (exact) mass is 364 g/mol. The standard InChI is InChI=1S/C23H28N2O2/c1-23(2,3)25-15-16-27-22-10-5-4-8-19(22)21(26)12-11-17-7-6-9-20-18(17)13-14-24-20/h4-14,21,24-26H,15-16H2,1-3H3. The summed E-state index contributed by atoms with van der Waals surface area (Å²) in [5.74, 6) is 0.713. The molecule has 3 aromatic rings. The molecular formula is C23H28N2O2. The topological polar surface area (TPSA) is 57.3 Å². The van der Waals surface area contributed by atoms with Crippen molar-refractivity contribution in [2.75, 3.05) is 13.2 Å². The number of aromatic nitrogens is 1. The lowest BCUT2D eigenvalue weighted by Gasteiger charge is -2.21. The Morgan fingerprint density at radius 1 is 1.11 bits per heavy atom. The summed E-state index contributed by atoms with van der Waals surface area (Å²) in [6.45, 7) is 7.67. The van der Waals surface area contributed by atoms with Crippen molar-refractivity contribution in [1.29, 1.82) is 0 Å². The molecule has 0 spiro atoms. The van der Waals surface area contributed by atoms with Crippen LogP contribution in [0.1, 0.15) is 38.0 Å². The molecule has 1 aromatic heterocycles. The number of hydrogen-bond donors (Lipinski definition) is 3. The number of para-hydroxylation sites is 1. The minimum Gasteiger partial charge on any atom is -0.492 e. The number of aliphatic hydroxyl groups excluding tert-OH is 1. The molecule has 0 bridgehead atoms. The van der Waals surface area contributed by atoms with Gasteiger partial charge in [-0.1, -0.05) is 42.5 Å². The predicted octanol–water partition coefficient (Wildman–Crippen LogP) is 4.68. The molecule has 2 aromatic carbocycles. The number of ether oxygens (including phenoxy) is 1. The Morgan fingerprint density at radius 3 is 2.74 bits per heavy atom. The Hall–Kier alpha value is -2.56. The van der Waals surface area contributed by atoms with Gasteiger partial charge in [0, 0.05) is 34.7 Å². The summed E-state index contributed by atoms with van der Waals surface area (Å²) >= 11 is 0. The number of aliphatic hydroxyl groups is 1. The van der Waals surface area contributed by atoms with Crippen molar-refractivity contribution in [2.45, 2.75) is 32.4 Å². The van der Waals surface area contributed by atoms with Crippen LogP contribution in [0.5, 0.6) is 5.75 Å². The highest BCUT2D eigenvalue weighted by atomic mass is 16.5. The first-order valence-corrected chi connectivity index (χ1v) is 9.33. The van der Waals surface area contributed by atoms with E-state index in [0.29, 0.717) is 12.4 Å². The van der Waals surface area contributed by atoms with E-state index in [2.05, 4.69) is 31.1 Å². The van der Waals surface area contributed by atoms with Gasteiger partial charge in [0.2, 0.25) is 0 Å². The molecule has 3 rings (SSSR count). The van der Waals surface area contributed by atoms with Crippen LogP contribution in [-0.2, 0) is 0 Å². The quantitative estimate of drug-likeness (QED) is 0.534. The van der Waals surface area contributed by atoms with E-state index in [0.717, 1.165) is 28.6 Å². The normalized spacial score (nSPS) is 13.3. The van der Waals surface area contributed by atoms with Gasteiger partial charge in [-0.15, -0.1) is 0 Å². The second-order valence-electron chi connectivity index (χ2n) is 7.65. The van der Waals surface area contributed by atoms with Crippen molar-refractivity contribution < 1.29 is 9.84 Å². The second kappa shape index (κ2) is 8.42. The van der Waals surface area contributed by atoms with Gasteiger partial charge in [0.1, 0.15) is 18.5 Å². The highest BCUT2D eigenvalue weighted by Gasteiger charge is 2.12. The summed E-state index contributed by atoms with van der Waals surface area (Å²) in [7, 11) is 0. The van der Waals surface area contributed by atoms with E-state index >= 15 is 0 Å². The summed E-state index contributed by atoms with van der Waals surface area (Å²) in [5, 5.41) is 15.2. The maximum Gasteiger partial charge on any atom is 0.125 e. The van der Waals surface area contributed by atoms with Crippen LogP contribution >= 0.6 is 0 Å². The van der Waals surface area contributed by atoms with Gasteiger partial charge in [-0.3, -0.25) is 0 Å². The molecule has 1 unspecified atom stereocenters. The van der Waals surface area contributed by atoms with E-state index in [1.165, 1.54) is 0 Å². The molecule has 0 aliphatic heterocycles. The van der Waals surface area contributed by atoms with E-state index in [1.54, 1.807) is 6.08 Å². The van der Waals surface area contributed by atoms with Crippen molar-refractivity contribution in [2.24, 2.45) is 0 Å². The number of benzene rings is 2. The van der Waals surface area contributed by atoms with E-state index < -0.39 is 6.10 Å². The Morgan fingerprint density at radius 2 is 1.93 bits per heavy atom. The molecule has 0 amide bonds. The van der Waals surface area contributed by atoms with Gasteiger partial charge in [-0.25, -0.2) is 0 Å². The third-order valence-corrected chi connectivity index (χ3v) is 4.34. The van der Waals surface area contributed by atoms with Crippen molar-refractivity contribution in [1.82, 2.24) is 10.3 Å². The Balaban J connectivity index is 1.69. The maximum atomic E-state index is 10.7. The highest BCUT2D eigenvalue weighted by Crippen LogP contribution is 2.27. The largest absolute Gasteiger partial charge is 0.492 e. The molecule has 0 saturated carbocycles. The van der Waals surface area contributed by atoms with Crippen LogP contribution in [0.3, 0.4) is 0 Å². The first-order chi connectivity index (χ1) is 12.9. The lowest BCUT2D eigenvalue weighted by atomic mass is 10.0. The highest BCUT2D eigenvalue weighted by molar-refractivity contribution is 5.88. The summed E-state index contributed by atoms with van der Waals surface area (Å²) < 4.78 is 5.90. The molecule has 0 saturated heterocycles. The molecule has 1 atom stereocenters. The van der Waals surface area contributed by atoms with Crippen molar-refractivity contribution in [3.05, 3.63) is 71.9 Å². The number of fused-ring (bicyclic) bond motifs is 1. The molecule has 0 aliphatic carbocycles.